The van der Waals surface area contributed by atoms with Gasteiger partial charge in [0.1, 0.15) is 6.04 Å². The van der Waals surface area contributed by atoms with E-state index < -0.39 is 12.0 Å². The average Bonchev–Trinajstić information content (AvgIpc) is 3.63. The minimum Gasteiger partial charge on any atom is -0.480 e. The number of hydrogen-bond donors (Lipinski definition) is 1. The third-order valence-corrected chi connectivity index (χ3v) is 11.9. The van der Waals surface area contributed by atoms with E-state index in [9.17, 15) is 19.5 Å². The molecule has 1 atom stereocenters. The van der Waals surface area contributed by atoms with E-state index >= 15 is 0 Å². The molecule has 4 heterocycles. The van der Waals surface area contributed by atoms with Crippen molar-refractivity contribution < 1.29 is 19.5 Å². The molecule has 6 nitrogen and oxygen atoms in total. The smallest absolute Gasteiger partial charge is 0.326 e. The van der Waals surface area contributed by atoms with Gasteiger partial charge >= 0.3 is 11.2 Å². The number of benzene rings is 1. The zero-order valence-corrected chi connectivity index (χ0v) is 23.6. The zero-order valence-electron chi connectivity index (χ0n) is 18.7. The number of carbonyl (C=O) groups excluding carboxylic acids is 2. The maximum atomic E-state index is 13.4. The number of thiophene rings is 2. The molecule has 5 rings (SSSR count). The van der Waals surface area contributed by atoms with Gasteiger partial charge in [-0.1, -0.05) is 51.9 Å². The molecule has 0 saturated heterocycles. The fraction of sp³-hybridized carbons (Fsp3) is 0.208. The van der Waals surface area contributed by atoms with E-state index in [-0.39, 0.29) is 23.4 Å². The molecule has 0 spiro atoms. The van der Waals surface area contributed by atoms with Gasteiger partial charge in [0.15, 0.2) is 0 Å². The predicted octanol–water partition coefficient (Wildman–Crippen LogP) is 7.83. The Kier molecular flexibility index (Phi) is 8.39. The number of amides is 1. The molecule has 36 heavy (non-hydrogen) atoms. The van der Waals surface area contributed by atoms with Crippen LogP contribution in [0.1, 0.15) is 21.0 Å². The molecule has 1 aliphatic heterocycles. The highest BCUT2D eigenvalue weighted by Gasteiger charge is 2.38. The number of para-hydroxylation sites is 1. The largest absolute Gasteiger partial charge is 0.480 e. The highest BCUT2D eigenvalue weighted by Crippen LogP contribution is 2.39. The summed E-state index contributed by atoms with van der Waals surface area (Å²) in [7, 11) is 5.09. The summed E-state index contributed by atoms with van der Waals surface area (Å²) in [5.41, 5.74) is 2.27. The van der Waals surface area contributed by atoms with Crippen LogP contribution in [0.5, 0.6) is 0 Å². The van der Waals surface area contributed by atoms with Crippen LogP contribution in [-0.4, -0.2) is 37.1 Å². The van der Waals surface area contributed by atoms with Gasteiger partial charge in [-0.15, -0.1) is 22.7 Å². The Labute approximate surface area is 231 Å². The van der Waals surface area contributed by atoms with Crippen LogP contribution in [0.25, 0.3) is 10.9 Å². The summed E-state index contributed by atoms with van der Waals surface area (Å²) in [6, 6.07) is 14.6. The molecule has 0 aliphatic carbocycles. The van der Waals surface area contributed by atoms with Crippen LogP contribution in [0, 0.1) is 0 Å². The van der Waals surface area contributed by atoms with Crippen molar-refractivity contribution in [3.63, 3.8) is 0 Å². The molecule has 1 N–H and O–H groups in total. The van der Waals surface area contributed by atoms with Crippen molar-refractivity contribution in [2.24, 2.45) is 0 Å². The molecule has 4 aromatic rings. The van der Waals surface area contributed by atoms with Crippen molar-refractivity contribution in [3.8, 4) is 0 Å². The fourth-order valence-corrected chi connectivity index (χ4v) is 9.97. The molecule has 0 bridgehead atoms. The number of nitrogens with zero attached hydrogens (tertiary/aromatic N) is 2. The third kappa shape index (κ3) is 5.53. The first-order valence-electron chi connectivity index (χ1n) is 10.9. The van der Waals surface area contributed by atoms with Gasteiger partial charge in [0.25, 0.3) is 5.24 Å². The zero-order chi connectivity index (χ0) is 25.1. The molecule has 1 amide bonds. The first-order chi connectivity index (χ1) is 17.5. The molecule has 0 saturated carbocycles. The summed E-state index contributed by atoms with van der Waals surface area (Å²) in [6.45, 7) is 0.0776. The average molecular weight is 593 g/mol. The second-order valence-corrected chi connectivity index (χ2v) is 14.4. The van der Waals surface area contributed by atoms with Gasteiger partial charge in [0, 0.05) is 54.7 Å². The number of carboxylic acids is 1. The van der Waals surface area contributed by atoms with Crippen LogP contribution in [0.4, 0.5) is 9.59 Å². The number of fused-ring (bicyclic) bond motifs is 3. The van der Waals surface area contributed by atoms with E-state index in [1.54, 1.807) is 27.2 Å². The molecule has 186 valence electrons. The Morgan fingerprint density at radius 3 is 2.14 bits per heavy atom. The summed E-state index contributed by atoms with van der Waals surface area (Å²) in [5, 5.41) is 14.4. The summed E-state index contributed by atoms with van der Waals surface area (Å²) in [6.07, 6.45) is 0.167. The van der Waals surface area contributed by atoms with Crippen LogP contribution in [0.15, 0.2) is 59.3 Å². The Bertz CT molecular complexity index is 1380. The molecular weight excluding hydrogens is 573 g/mol. The Hall–Kier alpha value is -1.83. The van der Waals surface area contributed by atoms with Crippen molar-refractivity contribution in [1.82, 2.24) is 9.47 Å². The highest BCUT2D eigenvalue weighted by atomic mass is 33.1. The molecule has 12 heteroatoms. The SMILES string of the molecule is O=C(O)[C@H]1Cc2c(n(C(=O)SSCc3cccs3)c3ccccc23)CN1C(=O)SSCc1cccs1. The molecule has 1 aliphatic rings. The van der Waals surface area contributed by atoms with E-state index in [2.05, 4.69) is 0 Å². The second-order valence-electron chi connectivity index (χ2n) is 7.85. The number of aliphatic carboxylic acids is 1. The van der Waals surface area contributed by atoms with Crippen LogP contribution >= 0.6 is 65.8 Å². The van der Waals surface area contributed by atoms with Crippen molar-refractivity contribution in [2.75, 3.05) is 0 Å². The first-order valence-corrected chi connectivity index (χ1v) is 17.2. The van der Waals surface area contributed by atoms with Crippen molar-refractivity contribution >= 4 is 93.2 Å². The number of rotatable bonds is 7. The lowest BCUT2D eigenvalue weighted by Gasteiger charge is -2.33. The topological polar surface area (TPSA) is 79.6 Å². The van der Waals surface area contributed by atoms with Gasteiger partial charge in [-0.25, -0.2) is 4.79 Å². The minimum absolute atomic E-state index is 0.0776. The van der Waals surface area contributed by atoms with Gasteiger partial charge in [-0.05, 0) is 34.5 Å². The lowest BCUT2D eigenvalue weighted by Crippen LogP contribution is -2.47. The van der Waals surface area contributed by atoms with Crippen molar-refractivity contribution in [1.29, 1.82) is 0 Å². The van der Waals surface area contributed by atoms with E-state index in [4.69, 9.17) is 0 Å². The quantitative estimate of drug-likeness (QED) is 0.218. The third-order valence-electron chi connectivity index (χ3n) is 5.71. The van der Waals surface area contributed by atoms with Crippen LogP contribution in [0.3, 0.4) is 0 Å². The van der Waals surface area contributed by atoms with Crippen molar-refractivity contribution in [2.45, 2.75) is 30.5 Å². The van der Waals surface area contributed by atoms with E-state index in [0.29, 0.717) is 11.4 Å². The van der Waals surface area contributed by atoms with Crippen LogP contribution < -0.4 is 0 Å². The van der Waals surface area contributed by atoms with Gasteiger partial charge in [0.05, 0.1) is 17.8 Å². The number of hydrogen-bond acceptors (Lipinski definition) is 9. The van der Waals surface area contributed by atoms with Gasteiger partial charge in [-0.2, -0.15) is 0 Å². The Morgan fingerprint density at radius 1 is 0.889 bits per heavy atom. The molecule has 0 radical (unpaired) electrons. The molecule has 0 unspecified atom stereocenters. The van der Waals surface area contributed by atoms with Crippen LogP contribution in [0.2, 0.25) is 0 Å². The fourth-order valence-electron chi connectivity index (χ4n) is 4.10. The number of carbonyl (C=O) groups is 3. The monoisotopic (exact) mass is 592 g/mol. The highest BCUT2D eigenvalue weighted by molar-refractivity contribution is 8.82. The lowest BCUT2D eigenvalue weighted by molar-refractivity contribution is -0.142. The number of aromatic nitrogens is 1. The van der Waals surface area contributed by atoms with Crippen molar-refractivity contribution in [3.05, 3.63) is 80.3 Å². The van der Waals surface area contributed by atoms with Gasteiger partial charge in [-0.3, -0.25) is 14.2 Å². The predicted molar refractivity (Wildman–Crippen MR) is 155 cm³/mol. The normalized spacial score (nSPS) is 15.2. The molecular formula is C24H20N2O4S6. The molecule has 1 aromatic carbocycles. The first kappa shape index (κ1) is 25.8. The minimum atomic E-state index is -1.04. The Balaban J connectivity index is 1.39. The van der Waals surface area contributed by atoms with Gasteiger partial charge < -0.3 is 10.0 Å². The molecule has 3 aromatic heterocycles. The summed E-state index contributed by atoms with van der Waals surface area (Å²) in [4.78, 5) is 42.5. The standard InChI is InChI=1S/C24H20N2O4S6/c27-22(28)20-11-18-17-7-1-2-8-19(17)26(24(30)36-34-14-16-6-4-10-32-16)21(18)12-25(20)23(29)35-33-13-15-5-3-9-31-15/h1-10,20H,11-14H2,(H,27,28)/t20-/m1/s1. The second kappa shape index (κ2) is 11.7. The maximum Gasteiger partial charge on any atom is 0.326 e. The van der Waals surface area contributed by atoms with E-state index in [0.717, 1.165) is 37.9 Å². The van der Waals surface area contributed by atoms with E-state index in [1.807, 2.05) is 59.3 Å². The summed E-state index contributed by atoms with van der Waals surface area (Å²) in [5.74, 6) is 0.350. The Morgan fingerprint density at radius 2 is 1.53 bits per heavy atom. The van der Waals surface area contributed by atoms with Gasteiger partial charge in [0.2, 0.25) is 0 Å². The molecule has 0 fully saturated rings. The number of carboxylic acid groups (broad SMARTS) is 1. The summed E-state index contributed by atoms with van der Waals surface area (Å²) >= 11 is 3.28. The van der Waals surface area contributed by atoms with E-state index in [1.165, 1.54) is 42.2 Å². The lowest BCUT2D eigenvalue weighted by atomic mass is 9.97. The van der Waals surface area contributed by atoms with Crippen LogP contribution in [-0.2, 0) is 29.3 Å². The summed E-state index contributed by atoms with van der Waals surface area (Å²) < 4.78 is 1.67. The maximum absolute atomic E-state index is 13.4.